The van der Waals surface area contributed by atoms with E-state index in [-0.39, 0.29) is 35.3 Å². The van der Waals surface area contributed by atoms with Crippen LogP contribution in [0.3, 0.4) is 0 Å². The van der Waals surface area contributed by atoms with Crippen molar-refractivity contribution in [2.75, 3.05) is 6.54 Å². The third kappa shape index (κ3) is 5.22. The van der Waals surface area contributed by atoms with Crippen molar-refractivity contribution >= 4 is 16.0 Å². The third-order valence-corrected chi connectivity index (χ3v) is 7.69. The number of nitrogens with one attached hydrogen (secondary N) is 1. The number of carboxylic acid groups (broad SMARTS) is 1. The van der Waals surface area contributed by atoms with Gasteiger partial charge in [0.05, 0.1) is 4.90 Å². The maximum atomic E-state index is 13.8. The van der Waals surface area contributed by atoms with E-state index in [0.29, 0.717) is 24.7 Å². The zero-order valence-corrected chi connectivity index (χ0v) is 17.0. The molecule has 2 aliphatic rings. The van der Waals surface area contributed by atoms with E-state index in [1.165, 1.54) is 6.07 Å². The fourth-order valence-corrected chi connectivity index (χ4v) is 5.86. The Morgan fingerprint density at radius 1 is 1.28 bits per heavy atom. The maximum Gasteiger partial charge on any atom is 0.303 e. The van der Waals surface area contributed by atoms with Gasteiger partial charge in [-0.05, 0) is 67.9 Å². The second kappa shape index (κ2) is 9.34. The minimum Gasteiger partial charge on any atom is -0.481 e. The molecule has 0 saturated heterocycles. The van der Waals surface area contributed by atoms with Crippen LogP contribution >= 0.6 is 0 Å². The molecule has 5 nitrogen and oxygen atoms in total. The zero-order chi connectivity index (χ0) is 21.0. The van der Waals surface area contributed by atoms with Gasteiger partial charge in [-0.1, -0.05) is 18.2 Å². The average Bonchev–Trinajstić information content (AvgIpc) is 3.27. The summed E-state index contributed by atoms with van der Waals surface area (Å²) in [5.74, 6) is -0.228. The van der Waals surface area contributed by atoms with Crippen LogP contribution in [0.5, 0.6) is 0 Å². The molecule has 0 aliphatic heterocycles. The van der Waals surface area contributed by atoms with E-state index in [2.05, 4.69) is 10.8 Å². The summed E-state index contributed by atoms with van der Waals surface area (Å²) in [7, 11) is -3.88. The Morgan fingerprint density at radius 2 is 2.03 bits per heavy atom. The van der Waals surface area contributed by atoms with Gasteiger partial charge >= 0.3 is 5.97 Å². The number of hydrogen-bond donors (Lipinski definition) is 2. The molecule has 2 N–H and O–H groups in total. The standard InChI is InChI=1S/C21H27F2NO4S/c22-12-16-8-9-17(11-20(16)23)29(27,28)24-13-19-15-7-6-14(10-15)18(19)4-2-1-3-5-21(25)26/h2,4,8-9,11,14-15,18-19,24H,1,3,5-7,10,12-13H2,(H,25,26)/b4-2-/t14-,15+,18+,19?/m1/s1. The summed E-state index contributed by atoms with van der Waals surface area (Å²) in [5.41, 5.74) is -0.162. The number of allylic oxidation sites excluding steroid dienone is 2. The molecule has 2 fully saturated rings. The monoisotopic (exact) mass is 427 g/mol. The van der Waals surface area contributed by atoms with Crippen molar-refractivity contribution < 1.29 is 27.1 Å². The van der Waals surface area contributed by atoms with Crippen LogP contribution < -0.4 is 4.72 Å². The molecule has 2 aliphatic carbocycles. The van der Waals surface area contributed by atoms with Gasteiger partial charge in [0.25, 0.3) is 0 Å². The Kier molecular flexibility index (Phi) is 7.05. The fraction of sp³-hybridized carbons (Fsp3) is 0.571. The van der Waals surface area contributed by atoms with Crippen LogP contribution in [-0.2, 0) is 21.5 Å². The van der Waals surface area contributed by atoms with Crippen molar-refractivity contribution in [2.24, 2.45) is 23.7 Å². The van der Waals surface area contributed by atoms with Gasteiger partial charge in [0, 0.05) is 18.5 Å². The molecule has 0 radical (unpaired) electrons. The molecule has 3 rings (SSSR count). The fourth-order valence-electron chi connectivity index (χ4n) is 4.77. The number of hydrogen-bond acceptors (Lipinski definition) is 3. The van der Waals surface area contributed by atoms with Crippen LogP contribution in [0.15, 0.2) is 35.2 Å². The first-order valence-electron chi connectivity index (χ1n) is 10.0. The summed E-state index contributed by atoms with van der Waals surface area (Å²) in [6.45, 7) is -0.703. The topological polar surface area (TPSA) is 83.5 Å². The van der Waals surface area contributed by atoms with Gasteiger partial charge in [-0.2, -0.15) is 0 Å². The first-order chi connectivity index (χ1) is 13.8. The summed E-state index contributed by atoms with van der Waals surface area (Å²) >= 11 is 0. The Balaban J connectivity index is 1.62. The van der Waals surface area contributed by atoms with Crippen LogP contribution in [0, 0.1) is 29.5 Å². The molecule has 29 heavy (non-hydrogen) atoms. The van der Waals surface area contributed by atoms with Gasteiger partial charge in [0.15, 0.2) is 0 Å². The molecule has 1 unspecified atom stereocenters. The van der Waals surface area contributed by atoms with E-state index in [1.54, 1.807) is 0 Å². The number of sulfonamides is 1. The molecule has 8 heteroatoms. The van der Waals surface area contributed by atoms with Crippen LogP contribution in [-0.4, -0.2) is 26.0 Å². The number of unbranched alkanes of at least 4 members (excludes halogenated alkanes) is 1. The first-order valence-corrected chi connectivity index (χ1v) is 11.5. The van der Waals surface area contributed by atoms with Gasteiger partial charge in [-0.15, -0.1) is 0 Å². The maximum absolute atomic E-state index is 13.8. The Hall–Kier alpha value is -1.80. The van der Waals surface area contributed by atoms with E-state index in [9.17, 15) is 22.0 Å². The molecule has 160 valence electrons. The van der Waals surface area contributed by atoms with E-state index in [4.69, 9.17) is 5.11 Å². The number of carbonyl (C=O) groups is 1. The highest BCUT2D eigenvalue weighted by Gasteiger charge is 2.46. The summed E-state index contributed by atoms with van der Waals surface area (Å²) in [6, 6.07) is 3.24. The van der Waals surface area contributed by atoms with Crippen molar-refractivity contribution in [1.82, 2.24) is 4.72 Å². The lowest BCUT2D eigenvalue weighted by Crippen LogP contribution is -2.35. The Bertz CT molecular complexity index is 871. The lowest BCUT2D eigenvalue weighted by atomic mass is 9.79. The van der Waals surface area contributed by atoms with E-state index >= 15 is 0 Å². The molecule has 0 heterocycles. The summed E-state index contributed by atoms with van der Waals surface area (Å²) in [6.07, 6.45) is 8.86. The minimum atomic E-state index is -3.88. The van der Waals surface area contributed by atoms with Gasteiger partial charge in [-0.25, -0.2) is 21.9 Å². The van der Waals surface area contributed by atoms with Crippen LogP contribution in [0.2, 0.25) is 0 Å². The molecule has 0 spiro atoms. The second-order valence-electron chi connectivity index (χ2n) is 8.03. The normalized spacial score (nSPS) is 26.4. The number of aliphatic carboxylic acids is 1. The van der Waals surface area contributed by atoms with Crippen LogP contribution in [0.1, 0.15) is 44.1 Å². The third-order valence-electron chi connectivity index (χ3n) is 6.27. The van der Waals surface area contributed by atoms with Gasteiger partial charge in [-0.3, -0.25) is 4.79 Å². The zero-order valence-electron chi connectivity index (χ0n) is 16.2. The smallest absolute Gasteiger partial charge is 0.303 e. The molecule has 1 aromatic carbocycles. The highest BCUT2D eigenvalue weighted by atomic mass is 32.2. The van der Waals surface area contributed by atoms with Gasteiger partial charge in [0.2, 0.25) is 10.0 Å². The summed E-state index contributed by atoms with van der Waals surface area (Å²) < 4.78 is 54.2. The highest BCUT2D eigenvalue weighted by molar-refractivity contribution is 7.89. The van der Waals surface area contributed by atoms with Gasteiger partial charge in [0.1, 0.15) is 12.5 Å². The van der Waals surface area contributed by atoms with Crippen molar-refractivity contribution in [3.05, 3.63) is 41.7 Å². The molecule has 0 amide bonds. The SMILES string of the molecule is O=C(O)CCC/C=C\[C@@H]1C(CNS(=O)(=O)c2ccc(CF)c(F)c2)[C@H]2CC[C@@H]1C2. The Labute approximate surface area is 170 Å². The predicted octanol–water partition coefficient (Wildman–Crippen LogP) is 4.05. The Morgan fingerprint density at radius 3 is 2.72 bits per heavy atom. The predicted molar refractivity (Wildman–Crippen MR) is 105 cm³/mol. The van der Waals surface area contributed by atoms with E-state index in [1.807, 2.05) is 6.08 Å². The lowest BCUT2D eigenvalue weighted by molar-refractivity contribution is -0.137. The quantitative estimate of drug-likeness (QED) is 0.436. The molecular weight excluding hydrogens is 400 g/mol. The van der Waals surface area contributed by atoms with Crippen molar-refractivity contribution in [2.45, 2.75) is 50.1 Å². The number of carboxylic acids is 1. The number of rotatable bonds is 10. The molecule has 1 aromatic rings. The van der Waals surface area contributed by atoms with Gasteiger partial charge < -0.3 is 5.11 Å². The average molecular weight is 428 g/mol. The molecule has 2 bridgehead atoms. The minimum absolute atomic E-state index is 0.141. The number of benzene rings is 1. The first kappa shape index (κ1) is 21.9. The van der Waals surface area contributed by atoms with Crippen molar-refractivity contribution in [1.29, 1.82) is 0 Å². The number of alkyl halides is 1. The number of fused-ring (bicyclic) bond motifs is 2. The second-order valence-corrected chi connectivity index (χ2v) is 9.79. The molecule has 4 atom stereocenters. The van der Waals surface area contributed by atoms with Crippen LogP contribution in [0.25, 0.3) is 0 Å². The molecule has 0 aromatic heterocycles. The molecular formula is C21H27F2NO4S. The lowest BCUT2D eigenvalue weighted by Gasteiger charge is -2.29. The molecule has 2 saturated carbocycles. The van der Waals surface area contributed by atoms with Crippen molar-refractivity contribution in [3.8, 4) is 0 Å². The van der Waals surface area contributed by atoms with E-state index in [0.717, 1.165) is 31.4 Å². The van der Waals surface area contributed by atoms with Crippen LogP contribution in [0.4, 0.5) is 8.78 Å². The highest BCUT2D eigenvalue weighted by Crippen LogP contribution is 2.52. The number of halogens is 2. The summed E-state index contributed by atoms with van der Waals surface area (Å²) in [4.78, 5) is 10.4. The van der Waals surface area contributed by atoms with E-state index < -0.39 is 28.5 Å². The largest absolute Gasteiger partial charge is 0.481 e. The van der Waals surface area contributed by atoms with Crippen molar-refractivity contribution in [3.63, 3.8) is 0 Å². The summed E-state index contributed by atoms with van der Waals surface area (Å²) in [5, 5.41) is 8.71.